The molecule has 194 valence electrons. The number of ketones is 1. The highest BCUT2D eigenvalue weighted by molar-refractivity contribution is 7.92. The molecule has 0 radical (unpaired) electrons. The van der Waals surface area contributed by atoms with Crippen molar-refractivity contribution in [3.8, 4) is 0 Å². The number of benzene rings is 2. The largest absolute Gasteiger partial charge is 0.477 e. The molecular weight excluding hydrogens is 535 g/mol. The number of sulfone groups is 1. The standard InChI is InChI=1S/C23H18F3N3O6S2/c1-23(2)21(30)17(19(35-23)16-10-11-27-22(28-16)36(3,31)32)12-6-4-9-15(18(12)26)29-37(33,34)20-13(24)7-5-8-14(20)25/h4-11,29H,1-3H3. The van der Waals surface area contributed by atoms with Crippen molar-refractivity contribution in [2.24, 2.45) is 0 Å². The quantitative estimate of drug-likeness (QED) is 0.460. The molecule has 1 aliphatic heterocycles. The van der Waals surface area contributed by atoms with E-state index in [-0.39, 0.29) is 17.0 Å². The Labute approximate surface area is 210 Å². The highest BCUT2D eigenvalue weighted by Gasteiger charge is 2.44. The first-order valence-electron chi connectivity index (χ1n) is 10.4. The number of hydrogen-bond donors (Lipinski definition) is 1. The SMILES string of the molecule is CC1(C)OC(c2ccnc(S(C)(=O)=O)n2)=C(c2cccc(NS(=O)(=O)c3c(F)cccc3F)c2F)C1=O. The van der Waals surface area contributed by atoms with Crippen molar-refractivity contribution >= 4 is 42.7 Å². The molecule has 0 atom stereocenters. The van der Waals surface area contributed by atoms with E-state index in [1.54, 1.807) is 4.72 Å². The molecule has 14 heteroatoms. The number of Topliss-reactive ketones (excluding diaryl/α,β-unsaturated/α-hetero) is 1. The van der Waals surface area contributed by atoms with Crippen LogP contribution in [0.25, 0.3) is 11.3 Å². The van der Waals surface area contributed by atoms with E-state index < -0.39 is 70.0 Å². The molecule has 0 unspecified atom stereocenters. The van der Waals surface area contributed by atoms with Gasteiger partial charge >= 0.3 is 0 Å². The van der Waals surface area contributed by atoms with Gasteiger partial charge in [0.1, 0.15) is 17.3 Å². The highest BCUT2D eigenvalue weighted by atomic mass is 32.2. The molecule has 0 saturated heterocycles. The van der Waals surface area contributed by atoms with Crippen LogP contribution in [0.15, 0.2) is 58.7 Å². The van der Waals surface area contributed by atoms with Crippen LogP contribution in [0.1, 0.15) is 25.1 Å². The fourth-order valence-electron chi connectivity index (χ4n) is 3.57. The molecule has 1 aromatic heterocycles. The summed E-state index contributed by atoms with van der Waals surface area (Å²) in [6.07, 6.45) is 1.99. The first-order chi connectivity index (χ1) is 17.1. The second kappa shape index (κ2) is 8.95. The van der Waals surface area contributed by atoms with E-state index >= 15 is 4.39 Å². The number of anilines is 1. The molecule has 3 aromatic rings. The molecule has 2 heterocycles. The van der Waals surface area contributed by atoms with Crippen LogP contribution >= 0.6 is 0 Å². The molecule has 2 aromatic carbocycles. The number of rotatable bonds is 6. The van der Waals surface area contributed by atoms with Gasteiger partial charge in [0, 0.05) is 18.0 Å². The zero-order chi connectivity index (χ0) is 27.3. The molecule has 0 spiro atoms. The van der Waals surface area contributed by atoms with Crippen LogP contribution in [0.2, 0.25) is 0 Å². The summed E-state index contributed by atoms with van der Waals surface area (Å²) >= 11 is 0. The first kappa shape index (κ1) is 26.3. The van der Waals surface area contributed by atoms with Gasteiger partial charge in [-0.2, -0.15) is 0 Å². The molecule has 0 aliphatic carbocycles. The average molecular weight is 554 g/mol. The number of halogens is 3. The second-order valence-corrected chi connectivity index (χ2v) is 12.0. The van der Waals surface area contributed by atoms with Crippen molar-refractivity contribution in [2.45, 2.75) is 29.5 Å². The van der Waals surface area contributed by atoms with Crippen LogP contribution in [0.4, 0.5) is 18.9 Å². The molecule has 1 N–H and O–H groups in total. The molecule has 9 nitrogen and oxygen atoms in total. The third-order valence-corrected chi connectivity index (χ3v) is 7.53. The molecule has 1 aliphatic rings. The fraction of sp³-hybridized carbons (Fsp3) is 0.174. The van der Waals surface area contributed by atoms with E-state index in [0.29, 0.717) is 0 Å². The lowest BCUT2D eigenvalue weighted by molar-refractivity contribution is -0.125. The predicted octanol–water partition coefficient (Wildman–Crippen LogP) is 3.34. The Hall–Kier alpha value is -3.78. The maximum absolute atomic E-state index is 15.7. The molecule has 0 bridgehead atoms. The van der Waals surface area contributed by atoms with Crippen LogP contribution in [0, 0.1) is 17.5 Å². The smallest absolute Gasteiger partial charge is 0.267 e. The lowest BCUT2D eigenvalue weighted by Gasteiger charge is -2.17. The normalized spacial score (nSPS) is 15.6. The van der Waals surface area contributed by atoms with Crippen molar-refractivity contribution in [1.82, 2.24) is 9.97 Å². The molecule has 0 saturated carbocycles. The van der Waals surface area contributed by atoms with Gasteiger partial charge in [-0.25, -0.2) is 40.0 Å². The summed E-state index contributed by atoms with van der Waals surface area (Å²) in [6.45, 7) is 2.79. The van der Waals surface area contributed by atoms with E-state index in [1.807, 2.05) is 0 Å². The van der Waals surface area contributed by atoms with E-state index in [1.165, 1.54) is 26.0 Å². The maximum Gasteiger partial charge on any atom is 0.267 e. The second-order valence-electron chi connectivity index (χ2n) is 8.47. The Kier molecular flexibility index (Phi) is 6.36. The van der Waals surface area contributed by atoms with Gasteiger partial charge in [-0.15, -0.1) is 0 Å². The van der Waals surface area contributed by atoms with Crippen LogP contribution in [0.5, 0.6) is 0 Å². The van der Waals surface area contributed by atoms with Gasteiger partial charge in [0.15, 0.2) is 22.1 Å². The van der Waals surface area contributed by atoms with Crippen molar-refractivity contribution < 1.29 is 39.5 Å². The van der Waals surface area contributed by atoms with Gasteiger partial charge in [-0.3, -0.25) is 9.52 Å². The Balaban J connectivity index is 1.88. The van der Waals surface area contributed by atoms with Crippen molar-refractivity contribution in [1.29, 1.82) is 0 Å². The number of sulfonamides is 1. The number of carbonyl (C=O) groups is 1. The Morgan fingerprint density at radius 2 is 1.57 bits per heavy atom. The topological polar surface area (TPSA) is 132 Å². The van der Waals surface area contributed by atoms with Crippen molar-refractivity contribution in [2.75, 3.05) is 11.0 Å². The molecule has 4 rings (SSSR count). The van der Waals surface area contributed by atoms with Gasteiger partial charge < -0.3 is 4.74 Å². The number of ether oxygens (including phenoxy) is 1. The zero-order valence-electron chi connectivity index (χ0n) is 19.4. The number of aromatic nitrogens is 2. The number of nitrogens with zero attached hydrogens (tertiary/aromatic N) is 2. The van der Waals surface area contributed by atoms with Gasteiger partial charge in [-0.05, 0) is 38.1 Å². The van der Waals surface area contributed by atoms with Gasteiger partial charge in [-0.1, -0.05) is 18.2 Å². The minimum Gasteiger partial charge on any atom is -0.477 e. The molecule has 37 heavy (non-hydrogen) atoms. The van der Waals surface area contributed by atoms with Gasteiger partial charge in [0.2, 0.25) is 20.8 Å². The third-order valence-electron chi connectivity index (χ3n) is 5.26. The van der Waals surface area contributed by atoms with Crippen LogP contribution < -0.4 is 4.72 Å². The first-order valence-corrected chi connectivity index (χ1v) is 13.8. The summed E-state index contributed by atoms with van der Waals surface area (Å²) in [7, 11) is -8.77. The van der Waals surface area contributed by atoms with Gasteiger partial charge in [0.05, 0.1) is 11.3 Å². The van der Waals surface area contributed by atoms with Crippen molar-refractivity contribution in [3.05, 3.63) is 77.4 Å². The summed E-state index contributed by atoms with van der Waals surface area (Å²) in [5.74, 6) is -4.99. The third kappa shape index (κ3) is 4.81. The number of hydrogen-bond acceptors (Lipinski definition) is 8. The van der Waals surface area contributed by atoms with Gasteiger partial charge in [0.25, 0.3) is 10.0 Å². The van der Waals surface area contributed by atoms with E-state index in [2.05, 4.69) is 9.97 Å². The van der Waals surface area contributed by atoms with Crippen LogP contribution in [-0.4, -0.2) is 44.4 Å². The average Bonchev–Trinajstić information content (AvgIpc) is 3.03. The van der Waals surface area contributed by atoms with E-state index in [4.69, 9.17) is 4.74 Å². The van der Waals surface area contributed by atoms with Crippen LogP contribution in [-0.2, 0) is 29.4 Å². The Morgan fingerprint density at radius 3 is 2.19 bits per heavy atom. The minimum absolute atomic E-state index is 0.136. The van der Waals surface area contributed by atoms with E-state index in [9.17, 15) is 30.4 Å². The number of nitrogens with one attached hydrogen (secondary N) is 1. The Bertz CT molecular complexity index is 1680. The van der Waals surface area contributed by atoms with E-state index in [0.717, 1.165) is 42.8 Å². The monoisotopic (exact) mass is 553 g/mol. The summed E-state index contributed by atoms with van der Waals surface area (Å²) < 4.78 is 101. The predicted molar refractivity (Wildman–Crippen MR) is 126 cm³/mol. The fourth-order valence-corrected chi connectivity index (χ4v) is 5.28. The molecule has 0 amide bonds. The summed E-state index contributed by atoms with van der Waals surface area (Å²) in [4.78, 5) is 19.5. The van der Waals surface area contributed by atoms with Crippen LogP contribution in [0.3, 0.4) is 0 Å². The van der Waals surface area contributed by atoms with Crippen molar-refractivity contribution in [3.63, 3.8) is 0 Å². The Morgan fingerprint density at radius 1 is 0.946 bits per heavy atom. The molecule has 0 fully saturated rings. The maximum atomic E-state index is 15.7. The molecular formula is C23H18F3N3O6S2. The minimum atomic E-state index is -4.92. The zero-order valence-corrected chi connectivity index (χ0v) is 21.0. The summed E-state index contributed by atoms with van der Waals surface area (Å²) in [5, 5.41) is -0.563. The highest BCUT2D eigenvalue weighted by Crippen LogP contribution is 2.42. The summed E-state index contributed by atoms with van der Waals surface area (Å²) in [6, 6.07) is 7.04. The lowest BCUT2D eigenvalue weighted by atomic mass is 9.92. The lowest BCUT2D eigenvalue weighted by Crippen LogP contribution is -2.29. The summed E-state index contributed by atoms with van der Waals surface area (Å²) in [5.41, 5.74) is -3.12. The number of carbonyl (C=O) groups excluding carboxylic acids is 1.